The topological polar surface area (TPSA) is 6.25 Å². The Hall–Kier alpha value is -5.69. The van der Waals surface area contributed by atoms with Crippen LogP contribution in [0.3, 0.4) is 0 Å². The van der Waals surface area contributed by atoms with E-state index in [1.807, 2.05) is 0 Å². The minimum Gasteiger partial charge on any atom is -0.418 e. The normalized spacial score (nSPS) is 18.7. The maximum atomic E-state index is 9.75. The zero-order chi connectivity index (χ0) is 38.1. The summed E-state index contributed by atoms with van der Waals surface area (Å²) < 4.78 is 41.4. The lowest BCUT2D eigenvalue weighted by Gasteiger charge is -2.27. The van der Waals surface area contributed by atoms with Crippen molar-refractivity contribution >= 4 is 41.3 Å². The number of allylic oxidation sites excluding steroid dienone is 8. The average Bonchev–Trinajstić information content (AvgIpc) is 3.75. The van der Waals surface area contributed by atoms with Crippen molar-refractivity contribution in [1.29, 1.82) is 0 Å². The number of benzene rings is 5. The van der Waals surface area contributed by atoms with Crippen molar-refractivity contribution in [3.8, 4) is 0 Å². The Kier molecular flexibility index (Phi) is 9.93. The monoisotopic (exact) mass is 722 g/mol. The van der Waals surface area contributed by atoms with Crippen LogP contribution in [0.1, 0.15) is 57.2 Å². The fraction of sp³-hybridized carbons (Fsp3) is 0.170. The lowest BCUT2D eigenvalue weighted by atomic mass is 9.81. The Bertz CT molecular complexity index is 2310. The minimum atomic E-state index is -6.00. The number of rotatable bonds is 6. The van der Waals surface area contributed by atoms with Gasteiger partial charge in [-0.15, -0.1) is 0 Å². The summed E-state index contributed by atoms with van der Waals surface area (Å²) in [6.07, 6.45) is 11.6. The molecular formula is C47H43BF4N2. The molecule has 0 aromatic heterocycles. The number of nitrogens with zero attached hydrogens (tertiary/aromatic N) is 2. The Balaban J connectivity index is 0.000000846. The maximum absolute atomic E-state index is 9.75. The average molecular weight is 723 g/mol. The Labute approximate surface area is 315 Å². The van der Waals surface area contributed by atoms with Crippen LogP contribution in [0.25, 0.3) is 5.57 Å². The number of anilines is 2. The van der Waals surface area contributed by atoms with E-state index in [0.717, 1.165) is 12.8 Å². The summed E-state index contributed by atoms with van der Waals surface area (Å²) in [7, 11) is -6.00. The van der Waals surface area contributed by atoms with Crippen LogP contribution >= 0.6 is 0 Å². The molecule has 272 valence electrons. The first-order valence-corrected chi connectivity index (χ1v) is 18.4. The molecule has 5 aromatic carbocycles. The third-order valence-corrected chi connectivity index (χ3v) is 10.7. The quantitative estimate of drug-likeness (QED) is 0.0961. The Morgan fingerprint density at radius 1 is 0.593 bits per heavy atom. The second-order valence-electron chi connectivity index (χ2n) is 14.8. The van der Waals surface area contributed by atoms with Crippen LogP contribution in [0.4, 0.5) is 40.0 Å². The summed E-state index contributed by atoms with van der Waals surface area (Å²) in [6.45, 7) is 9.42. The molecule has 0 saturated heterocycles. The van der Waals surface area contributed by atoms with Gasteiger partial charge in [0.05, 0.1) is 5.41 Å². The van der Waals surface area contributed by atoms with Gasteiger partial charge in [-0.25, -0.2) is 0 Å². The molecule has 2 nitrogen and oxygen atoms in total. The van der Waals surface area contributed by atoms with Gasteiger partial charge in [0.2, 0.25) is 11.4 Å². The van der Waals surface area contributed by atoms with Crippen molar-refractivity contribution in [2.24, 2.45) is 0 Å². The SMILES string of the molecule is CC1(C)C(/C=C/C2=C(c3ccccc3)C(=C/C=C3/N(c4ccccc4)c4ccccc4C3(C)C)/CC2)=[N+](c2ccccc2)c2ccccc21.F[B-](F)(F)F. The smallest absolute Gasteiger partial charge is 0.418 e. The molecule has 0 fully saturated rings. The highest BCUT2D eigenvalue weighted by Gasteiger charge is 2.45. The zero-order valence-corrected chi connectivity index (χ0v) is 31.0. The van der Waals surface area contributed by atoms with Gasteiger partial charge in [0.1, 0.15) is 0 Å². The van der Waals surface area contributed by atoms with E-state index in [-0.39, 0.29) is 10.8 Å². The van der Waals surface area contributed by atoms with E-state index in [4.69, 9.17) is 0 Å². The van der Waals surface area contributed by atoms with Gasteiger partial charge in [0.25, 0.3) is 0 Å². The molecule has 0 spiro atoms. The molecule has 1 aliphatic carbocycles. The maximum Gasteiger partial charge on any atom is 0.673 e. The Morgan fingerprint density at radius 2 is 1.15 bits per heavy atom. The second-order valence-corrected chi connectivity index (χ2v) is 14.8. The van der Waals surface area contributed by atoms with E-state index < -0.39 is 7.25 Å². The van der Waals surface area contributed by atoms with Crippen molar-refractivity contribution < 1.29 is 17.3 Å². The number of hydrogen-bond acceptors (Lipinski definition) is 1. The van der Waals surface area contributed by atoms with Gasteiger partial charge < -0.3 is 22.2 Å². The summed E-state index contributed by atoms with van der Waals surface area (Å²) in [5.41, 5.74) is 15.3. The van der Waals surface area contributed by atoms with Gasteiger partial charge in [0.15, 0.2) is 5.71 Å². The van der Waals surface area contributed by atoms with Gasteiger partial charge in [-0.1, -0.05) is 129 Å². The fourth-order valence-electron chi connectivity index (χ4n) is 8.16. The number of para-hydroxylation sites is 4. The van der Waals surface area contributed by atoms with Gasteiger partial charge in [-0.3, -0.25) is 0 Å². The molecule has 3 aliphatic rings. The van der Waals surface area contributed by atoms with Crippen LogP contribution in [-0.4, -0.2) is 13.0 Å². The van der Waals surface area contributed by atoms with Gasteiger partial charge in [0, 0.05) is 52.3 Å². The first-order valence-electron chi connectivity index (χ1n) is 18.4. The number of hydrogen-bond donors (Lipinski definition) is 0. The predicted octanol–water partition coefficient (Wildman–Crippen LogP) is 13.3. The van der Waals surface area contributed by atoms with Gasteiger partial charge in [-0.05, 0) is 78.8 Å². The van der Waals surface area contributed by atoms with Crippen molar-refractivity contribution in [1.82, 2.24) is 4.58 Å². The third-order valence-electron chi connectivity index (χ3n) is 10.7. The van der Waals surface area contributed by atoms with Crippen LogP contribution in [0.2, 0.25) is 0 Å². The molecule has 0 N–H and O–H groups in total. The fourth-order valence-corrected chi connectivity index (χ4v) is 8.16. The molecular weight excluding hydrogens is 679 g/mol. The molecule has 0 saturated carbocycles. The predicted molar refractivity (Wildman–Crippen MR) is 219 cm³/mol. The van der Waals surface area contributed by atoms with Crippen molar-refractivity contribution in [3.05, 3.63) is 197 Å². The highest BCUT2D eigenvalue weighted by Crippen LogP contribution is 2.51. The summed E-state index contributed by atoms with van der Waals surface area (Å²) >= 11 is 0. The molecule has 2 heterocycles. The van der Waals surface area contributed by atoms with Crippen molar-refractivity contribution in [2.75, 3.05) is 4.90 Å². The van der Waals surface area contributed by atoms with Crippen LogP contribution in [-0.2, 0) is 10.8 Å². The second kappa shape index (κ2) is 14.6. The molecule has 54 heavy (non-hydrogen) atoms. The molecule has 0 bridgehead atoms. The first kappa shape index (κ1) is 36.7. The van der Waals surface area contributed by atoms with E-state index in [2.05, 4.69) is 201 Å². The standard InChI is InChI=1S/C47H43N2.BF4/c1-46(2)39-24-14-16-26-41(39)48(37-20-10-6-11-21-37)43(46)32-30-35-28-29-36(45(35)34-18-8-5-9-19-34)31-33-44-47(3,4)40-25-15-17-27-42(40)49(44)38-22-12-7-13-23-38;2-1(3,4)5/h5-27,30-33H,28-29H2,1-4H3;/q+1;-1. The highest BCUT2D eigenvalue weighted by molar-refractivity contribution is 6.50. The van der Waals surface area contributed by atoms with E-state index in [9.17, 15) is 17.3 Å². The summed E-state index contributed by atoms with van der Waals surface area (Å²) in [4.78, 5) is 2.45. The molecule has 2 aliphatic heterocycles. The summed E-state index contributed by atoms with van der Waals surface area (Å²) in [5, 5.41) is 0. The highest BCUT2D eigenvalue weighted by atomic mass is 19.5. The number of halogens is 4. The molecule has 0 radical (unpaired) electrons. The van der Waals surface area contributed by atoms with E-state index in [0.29, 0.717) is 0 Å². The molecule has 0 atom stereocenters. The van der Waals surface area contributed by atoms with Crippen LogP contribution < -0.4 is 9.48 Å². The molecule has 0 unspecified atom stereocenters. The first-order chi connectivity index (χ1) is 25.9. The van der Waals surface area contributed by atoms with Crippen LogP contribution in [0.15, 0.2) is 181 Å². The molecule has 8 rings (SSSR count). The zero-order valence-electron chi connectivity index (χ0n) is 31.0. The van der Waals surface area contributed by atoms with Crippen LogP contribution in [0.5, 0.6) is 0 Å². The summed E-state index contributed by atoms with van der Waals surface area (Å²) in [5.74, 6) is 0. The molecule has 0 amide bonds. The van der Waals surface area contributed by atoms with Crippen molar-refractivity contribution in [2.45, 2.75) is 51.4 Å². The van der Waals surface area contributed by atoms with Crippen LogP contribution in [0, 0.1) is 0 Å². The van der Waals surface area contributed by atoms with E-state index >= 15 is 0 Å². The molecule has 7 heteroatoms. The largest absolute Gasteiger partial charge is 0.673 e. The lowest BCUT2D eigenvalue weighted by Crippen LogP contribution is -2.27. The Morgan fingerprint density at radius 3 is 1.81 bits per heavy atom. The van der Waals surface area contributed by atoms with E-state index in [1.165, 1.54) is 67.6 Å². The number of fused-ring (bicyclic) bond motifs is 2. The van der Waals surface area contributed by atoms with E-state index in [1.54, 1.807) is 0 Å². The summed E-state index contributed by atoms with van der Waals surface area (Å²) in [6, 6.07) is 50.2. The minimum absolute atomic E-state index is 0.137. The lowest BCUT2D eigenvalue weighted by molar-refractivity contribution is 0.368. The third kappa shape index (κ3) is 7.15. The van der Waals surface area contributed by atoms with Gasteiger partial charge in [-0.2, -0.15) is 4.58 Å². The molecule has 5 aromatic rings. The van der Waals surface area contributed by atoms with Gasteiger partial charge >= 0.3 is 7.25 Å². The van der Waals surface area contributed by atoms with Crippen molar-refractivity contribution in [3.63, 3.8) is 0 Å².